The number of carbonyl (C=O) groups excluding carboxylic acids is 1. The van der Waals surface area contributed by atoms with E-state index in [2.05, 4.69) is 5.32 Å². The Labute approximate surface area is 159 Å². The molecule has 26 heavy (non-hydrogen) atoms. The summed E-state index contributed by atoms with van der Waals surface area (Å²) in [7, 11) is 0. The molecule has 1 amide bonds. The second-order valence-corrected chi connectivity index (χ2v) is 6.60. The molecule has 1 unspecified atom stereocenters. The van der Waals surface area contributed by atoms with E-state index in [1.165, 1.54) is 13.0 Å². The van der Waals surface area contributed by atoms with Crippen LogP contribution >= 0.6 is 23.2 Å². The van der Waals surface area contributed by atoms with Gasteiger partial charge in [0.25, 0.3) is 5.91 Å². The summed E-state index contributed by atoms with van der Waals surface area (Å²) in [5.74, 6) is -0.148. The standard InChI is InChI=1S/C18H16Cl2F3NO2/c1-9-6-13(7-10(2)16(9)20)26-11(3)17(25)24-12-4-5-15(19)14(8-12)18(21,22)23/h4-8,11H,1-3H3,(H,24,25). The molecule has 0 saturated carbocycles. The minimum Gasteiger partial charge on any atom is -0.481 e. The topological polar surface area (TPSA) is 38.3 Å². The molecule has 0 fully saturated rings. The quantitative estimate of drug-likeness (QED) is 0.673. The molecule has 2 rings (SSSR count). The number of halogens is 5. The third-order valence-electron chi connectivity index (χ3n) is 3.63. The SMILES string of the molecule is Cc1cc(OC(C)C(=O)Nc2ccc(Cl)c(C(F)(F)F)c2)cc(C)c1Cl. The zero-order chi connectivity index (χ0) is 19.6. The van der Waals surface area contributed by atoms with Crippen molar-refractivity contribution in [3.8, 4) is 5.75 Å². The van der Waals surface area contributed by atoms with Crippen LogP contribution in [0.25, 0.3) is 0 Å². The van der Waals surface area contributed by atoms with Crippen molar-refractivity contribution in [2.45, 2.75) is 33.1 Å². The lowest BCUT2D eigenvalue weighted by Gasteiger charge is -2.17. The number of rotatable bonds is 4. The number of hydrogen-bond acceptors (Lipinski definition) is 2. The summed E-state index contributed by atoms with van der Waals surface area (Å²) in [4.78, 5) is 12.2. The van der Waals surface area contributed by atoms with E-state index < -0.39 is 28.8 Å². The fourth-order valence-corrected chi connectivity index (χ4v) is 2.63. The van der Waals surface area contributed by atoms with Gasteiger partial charge in [-0.25, -0.2) is 0 Å². The number of alkyl halides is 3. The molecule has 1 N–H and O–H groups in total. The highest BCUT2D eigenvalue weighted by Gasteiger charge is 2.33. The molecule has 0 aliphatic rings. The van der Waals surface area contributed by atoms with Crippen molar-refractivity contribution in [1.29, 1.82) is 0 Å². The van der Waals surface area contributed by atoms with Crippen LogP contribution in [0.3, 0.4) is 0 Å². The molecule has 2 aromatic carbocycles. The van der Waals surface area contributed by atoms with Crippen LogP contribution in [0.15, 0.2) is 30.3 Å². The monoisotopic (exact) mass is 405 g/mol. The van der Waals surface area contributed by atoms with Crippen molar-refractivity contribution in [2.24, 2.45) is 0 Å². The number of carbonyl (C=O) groups is 1. The molecule has 140 valence electrons. The fraction of sp³-hybridized carbons (Fsp3) is 0.278. The Balaban J connectivity index is 2.13. The van der Waals surface area contributed by atoms with Crippen LogP contribution < -0.4 is 10.1 Å². The summed E-state index contributed by atoms with van der Waals surface area (Å²) >= 11 is 11.6. The maximum absolute atomic E-state index is 12.9. The first-order chi connectivity index (χ1) is 12.0. The highest BCUT2D eigenvalue weighted by atomic mass is 35.5. The van der Waals surface area contributed by atoms with E-state index in [1.807, 2.05) is 0 Å². The molecule has 0 aromatic heterocycles. The largest absolute Gasteiger partial charge is 0.481 e. The lowest BCUT2D eigenvalue weighted by atomic mass is 10.1. The van der Waals surface area contributed by atoms with E-state index in [0.29, 0.717) is 10.8 Å². The van der Waals surface area contributed by atoms with Gasteiger partial charge in [-0.1, -0.05) is 23.2 Å². The molecule has 0 radical (unpaired) electrons. The van der Waals surface area contributed by atoms with Gasteiger partial charge in [-0.2, -0.15) is 13.2 Å². The molecule has 0 aliphatic heterocycles. The van der Waals surface area contributed by atoms with Crippen molar-refractivity contribution >= 4 is 34.8 Å². The number of benzene rings is 2. The Morgan fingerprint density at radius 3 is 2.23 bits per heavy atom. The molecular formula is C18H16Cl2F3NO2. The van der Waals surface area contributed by atoms with Gasteiger partial charge in [0.15, 0.2) is 6.10 Å². The molecule has 8 heteroatoms. The second-order valence-electron chi connectivity index (χ2n) is 5.81. The molecule has 0 spiro atoms. The first kappa shape index (κ1) is 20.4. The third-order valence-corrected chi connectivity index (χ3v) is 4.56. The Morgan fingerprint density at radius 1 is 1.12 bits per heavy atom. The average molecular weight is 406 g/mol. The maximum Gasteiger partial charge on any atom is 0.417 e. The van der Waals surface area contributed by atoms with Gasteiger partial charge >= 0.3 is 6.18 Å². The normalized spacial score (nSPS) is 12.6. The highest BCUT2D eigenvalue weighted by molar-refractivity contribution is 6.32. The highest BCUT2D eigenvalue weighted by Crippen LogP contribution is 2.36. The van der Waals surface area contributed by atoms with E-state index in [1.54, 1.807) is 26.0 Å². The Bertz CT molecular complexity index is 815. The van der Waals surface area contributed by atoms with Crippen LogP contribution in [0.2, 0.25) is 10.0 Å². The van der Waals surface area contributed by atoms with Crippen molar-refractivity contribution in [2.75, 3.05) is 5.32 Å². The van der Waals surface area contributed by atoms with Crippen LogP contribution in [0.5, 0.6) is 5.75 Å². The van der Waals surface area contributed by atoms with E-state index in [9.17, 15) is 18.0 Å². The first-order valence-electron chi connectivity index (χ1n) is 7.60. The van der Waals surface area contributed by atoms with Gasteiger partial charge in [-0.05, 0) is 62.2 Å². The predicted octanol–water partition coefficient (Wildman–Crippen LogP) is 6.04. The molecule has 2 aromatic rings. The van der Waals surface area contributed by atoms with Gasteiger partial charge in [0.2, 0.25) is 0 Å². The molecule has 0 aliphatic carbocycles. The summed E-state index contributed by atoms with van der Waals surface area (Å²) in [5, 5.41) is 2.56. The number of aryl methyl sites for hydroxylation is 2. The van der Waals surface area contributed by atoms with E-state index in [4.69, 9.17) is 27.9 Å². The fourth-order valence-electron chi connectivity index (χ4n) is 2.30. The van der Waals surface area contributed by atoms with Crippen molar-refractivity contribution in [3.63, 3.8) is 0 Å². The molecule has 3 nitrogen and oxygen atoms in total. The van der Waals surface area contributed by atoms with Crippen LogP contribution in [0.4, 0.5) is 18.9 Å². The Hall–Kier alpha value is -1.92. The molecular weight excluding hydrogens is 390 g/mol. The number of amides is 1. The van der Waals surface area contributed by atoms with Crippen LogP contribution in [0.1, 0.15) is 23.6 Å². The van der Waals surface area contributed by atoms with Gasteiger partial charge in [0, 0.05) is 10.7 Å². The lowest BCUT2D eigenvalue weighted by molar-refractivity contribution is -0.137. The zero-order valence-corrected chi connectivity index (χ0v) is 15.7. The summed E-state index contributed by atoms with van der Waals surface area (Å²) in [6.07, 6.45) is -5.54. The number of anilines is 1. The summed E-state index contributed by atoms with van der Waals surface area (Å²) in [5.41, 5.74) is 0.545. The average Bonchev–Trinajstić information content (AvgIpc) is 2.53. The van der Waals surface area contributed by atoms with Gasteiger partial charge in [0.1, 0.15) is 5.75 Å². The van der Waals surface area contributed by atoms with E-state index in [-0.39, 0.29) is 5.69 Å². The summed E-state index contributed by atoms with van der Waals surface area (Å²) in [6, 6.07) is 6.52. The predicted molar refractivity (Wildman–Crippen MR) is 96.1 cm³/mol. The number of ether oxygens (including phenoxy) is 1. The van der Waals surface area contributed by atoms with Crippen LogP contribution in [-0.4, -0.2) is 12.0 Å². The lowest BCUT2D eigenvalue weighted by Crippen LogP contribution is -2.30. The van der Waals surface area contributed by atoms with Gasteiger partial charge < -0.3 is 10.1 Å². The zero-order valence-electron chi connectivity index (χ0n) is 14.2. The Morgan fingerprint density at radius 2 is 1.69 bits per heavy atom. The van der Waals surface area contributed by atoms with E-state index in [0.717, 1.165) is 23.3 Å². The first-order valence-corrected chi connectivity index (χ1v) is 8.35. The third kappa shape index (κ3) is 4.83. The smallest absolute Gasteiger partial charge is 0.417 e. The van der Waals surface area contributed by atoms with Crippen molar-refractivity contribution in [1.82, 2.24) is 0 Å². The summed E-state index contributed by atoms with van der Waals surface area (Å²) in [6.45, 7) is 5.10. The van der Waals surface area contributed by atoms with Crippen molar-refractivity contribution in [3.05, 3.63) is 57.1 Å². The second kappa shape index (κ2) is 7.76. The Kier molecular flexibility index (Phi) is 6.09. The van der Waals surface area contributed by atoms with Gasteiger partial charge in [0.05, 0.1) is 10.6 Å². The van der Waals surface area contributed by atoms with Crippen LogP contribution in [0, 0.1) is 13.8 Å². The van der Waals surface area contributed by atoms with E-state index >= 15 is 0 Å². The molecule has 0 heterocycles. The van der Waals surface area contributed by atoms with Gasteiger partial charge in [-0.3, -0.25) is 4.79 Å². The molecule has 0 bridgehead atoms. The number of hydrogen-bond donors (Lipinski definition) is 1. The minimum atomic E-state index is -4.61. The maximum atomic E-state index is 12.9. The van der Waals surface area contributed by atoms with Gasteiger partial charge in [-0.15, -0.1) is 0 Å². The molecule has 0 saturated heterocycles. The minimum absolute atomic E-state index is 0.0226. The van der Waals surface area contributed by atoms with Crippen LogP contribution in [-0.2, 0) is 11.0 Å². The van der Waals surface area contributed by atoms with Crippen molar-refractivity contribution < 1.29 is 22.7 Å². The molecule has 1 atom stereocenters. The number of nitrogens with one attached hydrogen (secondary N) is 1. The summed E-state index contributed by atoms with van der Waals surface area (Å²) < 4.78 is 44.2.